The number of hydrogen-bond acceptors (Lipinski definition) is 4. The Bertz CT molecular complexity index is 422. The summed E-state index contributed by atoms with van der Waals surface area (Å²) in [5.74, 6) is -0.805. The Morgan fingerprint density at radius 3 is 2.76 bits per heavy atom. The van der Waals surface area contributed by atoms with Gasteiger partial charge < -0.3 is 15.2 Å². The molecule has 0 aromatic heterocycles. The maximum atomic E-state index is 11.2. The van der Waals surface area contributed by atoms with Gasteiger partial charge in [0.1, 0.15) is 5.75 Å². The number of esters is 1. The van der Waals surface area contributed by atoms with Crippen LogP contribution in [-0.4, -0.2) is 24.6 Å². The average Bonchev–Trinajstić information content (AvgIpc) is 2.26. The smallest absolute Gasteiger partial charge is 0.344 e. The van der Waals surface area contributed by atoms with E-state index >= 15 is 0 Å². The van der Waals surface area contributed by atoms with Crippen LogP contribution in [-0.2, 0) is 14.3 Å². The zero-order valence-electron chi connectivity index (χ0n) is 9.18. The largest absolute Gasteiger partial charge is 0.482 e. The fourth-order valence-electron chi connectivity index (χ4n) is 0.988. The fourth-order valence-corrected chi connectivity index (χ4v) is 1.37. The van der Waals surface area contributed by atoms with Crippen molar-refractivity contribution in [1.29, 1.82) is 0 Å². The summed E-state index contributed by atoms with van der Waals surface area (Å²) in [6, 6.07) is 7.03. The van der Waals surface area contributed by atoms with E-state index in [1.807, 2.05) is 6.07 Å². The normalized spacial score (nSPS) is 11.6. The number of halogens is 1. The zero-order chi connectivity index (χ0) is 12.8. The molecule has 0 saturated carbocycles. The van der Waals surface area contributed by atoms with E-state index < -0.39 is 18.0 Å². The molecule has 1 atom stereocenters. The zero-order valence-corrected chi connectivity index (χ0v) is 10.8. The molecule has 6 heteroatoms. The van der Waals surface area contributed by atoms with Gasteiger partial charge in [-0.1, -0.05) is 22.0 Å². The van der Waals surface area contributed by atoms with Gasteiger partial charge in [-0.15, -0.1) is 0 Å². The van der Waals surface area contributed by atoms with Crippen molar-refractivity contribution >= 4 is 27.8 Å². The molecule has 0 spiro atoms. The molecule has 0 aliphatic heterocycles. The van der Waals surface area contributed by atoms with Crippen molar-refractivity contribution in [2.75, 3.05) is 6.61 Å². The summed E-state index contributed by atoms with van der Waals surface area (Å²) in [7, 11) is 0. The number of carbonyl (C=O) groups excluding carboxylic acids is 2. The highest BCUT2D eigenvalue weighted by Gasteiger charge is 2.14. The Labute approximate surface area is 107 Å². The fraction of sp³-hybridized carbons (Fsp3) is 0.273. The number of carbonyl (C=O) groups is 2. The molecule has 0 aliphatic rings. The van der Waals surface area contributed by atoms with Crippen LogP contribution in [0, 0.1) is 0 Å². The Balaban J connectivity index is 2.41. The van der Waals surface area contributed by atoms with Crippen molar-refractivity contribution in [3.05, 3.63) is 28.7 Å². The molecule has 2 N–H and O–H groups in total. The molecule has 0 aliphatic carbocycles. The predicted octanol–water partition coefficient (Wildman–Crippen LogP) is 1.24. The van der Waals surface area contributed by atoms with Crippen molar-refractivity contribution < 1.29 is 19.1 Å². The summed E-state index contributed by atoms with van der Waals surface area (Å²) in [6.45, 7) is 1.13. The summed E-state index contributed by atoms with van der Waals surface area (Å²) in [6.07, 6.45) is -0.950. The first kappa shape index (κ1) is 13.5. The average molecular weight is 302 g/mol. The van der Waals surface area contributed by atoms with E-state index in [1.165, 1.54) is 6.92 Å². The predicted molar refractivity (Wildman–Crippen MR) is 64.4 cm³/mol. The molecular formula is C11H12BrNO4. The summed E-state index contributed by atoms with van der Waals surface area (Å²) < 4.78 is 10.7. The van der Waals surface area contributed by atoms with Crippen molar-refractivity contribution in [3.63, 3.8) is 0 Å². The first-order valence-electron chi connectivity index (χ1n) is 4.86. The van der Waals surface area contributed by atoms with Gasteiger partial charge in [0.15, 0.2) is 12.7 Å². The maximum absolute atomic E-state index is 11.2. The van der Waals surface area contributed by atoms with Gasteiger partial charge in [0, 0.05) is 4.47 Å². The minimum atomic E-state index is -0.950. The van der Waals surface area contributed by atoms with E-state index in [0.29, 0.717) is 5.75 Å². The molecule has 1 aromatic carbocycles. The minimum absolute atomic E-state index is 0.270. The highest BCUT2D eigenvalue weighted by atomic mass is 79.9. The number of nitrogens with two attached hydrogens (primary N) is 1. The van der Waals surface area contributed by atoms with Gasteiger partial charge in [0.25, 0.3) is 5.91 Å². The van der Waals surface area contributed by atoms with Gasteiger partial charge in [-0.3, -0.25) is 4.79 Å². The monoisotopic (exact) mass is 301 g/mol. The van der Waals surface area contributed by atoms with Crippen molar-refractivity contribution in [2.45, 2.75) is 13.0 Å². The van der Waals surface area contributed by atoms with Crippen LogP contribution < -0.4 is 10.5 Å². The van der Waals surface area contributed by atoms with Crippen LogP contribution in [0.5, 0.6) is 5.75 Å². The summed E-state index contributed by atoms with van der Waals surface area (Å²) in [5.41, 5.74) is 4.95. The van der Waals surface area contributed by atoms with Gasteiger partial charge in [-0.05, 0) is 25.1 Å². The molecule has 1 aromatic rings. The molecule has 92 valence electrons. The van der Waals surface area contributed by atoms with Crippen LogP contribution in [0.2, 0.25) is 0 Å². The second kappa shape index (κ2) is 6.24. The van der Waals surface area contributed by atoms with Gasteiger partial charge in [-0.25, -0.2) is 4.79 Å². The second-order valence-corrected chi connectivity index (χ2v) is 4.20. The summed E-state index contributed by atoms with van der Waals surface area (Å²) in [5, 5.41) is 0. The molecule has 0 fully saturated rings. The summed E-state index contributed by atoms with van der Waals surface area (Å²) in [4.78, 5) is 21.9. The molecule has 5 nitrogen and oxygen atoms in total. The van der Waals surface area contributed by atoms with Crippen LogP contribution in [0.25, 0.3) is 0 Å². The quantitative estimate of drug-likeness (QED) is 0.830. The maximum Gasteiger partial charge on any atom is 0.344 e. The van der Waals surface area contributed by atoms with E-state index in [1.54, 1.807) is 18.2 Å². The van der Waals surface area contributed by atoms with E-state index in [4.69, 9.17) is 15.2 Å². The van der Waals surface area contributed by atoms with Gasteiger partial charge >= 0.3 is 5.97 Å². The topological polar surface area (TPSA) is 78.6 Å². The molecule has 1 amide bonds. The molecule has 0 heterocycles. The number of hydrogen-bond donors (Lipinski definition) is 1. The standard InChI is InChI=1S/C11H12BrNO4/c1-7(11(13)15)17-10(14)6-16-9-4-2-3-8(12)5-9/h2-5,7H,6H2,1H3,(H2,13,15)/t7-/m0/s1. The molecule has 17 heavy (non-hydrogen) atoms. The highest BCUT2D eigenvalue weighted by molar-refractivity contribution is 9.10. The second-order valence-electron chi connectivity index (χ2n) is 3.28. The highest BCUT2D eigenvalue weighted by Crippen LogP contribution is 2.17. The molecule has 0 saturated heterocycles. The third kappa shape index (κ3) is 4.86. The molecule has 1 rings (SSSR count). The Morgan fingerprint density at radius 1 is 1.47 bits per heavy atom. The molecule has 0 unspecified atom stereocenters. The first-order valence-corrected chi connectivity index (χ1v) is 5.65. The lowest BCUT2D eigenvalue weighted by Crippen LogP contribution is -2.32. The van der Waals surface area contributed by atoms with Crippen LogP contribution >= 0.6 is 15.9 Å². The van der Waals surface area contributed by atoms with Gasteiger partial charge in [0.2, 0.25) is 0 Å². The lowest BCUT2D eigenvalue weighted by atomic mass is 10.3. The number of primary amides is 1. The molecule has 0 radical (unpaired) electrons. The van der Waals surface area contributed by atoms with E-state index in [9.17, 15) is 9.59 Å². The van der Waals surface area contributed by atoms with E-state index in [-0.39, 0.29) is 6.61 Å². The Morgan fingerprint density at radius 2 is 2.18 bits per heavy atom. The van der Waals surface area contributed by atoms with Crippen LogP contribution in [0.3, 0.4) is 0 Å². The van der Waals surface area contributed by atoms with E-state index in [2.05, 4.69) is 15.9 Å². The third-order valence-electron chi connectivity index (χ3n) is 1.86. The lowest BCUT2D eigenvalue weighted by molar-refractivity contribution is -0.155. The number of benzene rings is 1. The third-order valence-corrected chi connectivity index (χ3v) is 2.35. The minimum Gasteiger partial charge on any atom is -0.482 e. The Hall–Kier alpha value is -1.56. The van der Waals surface area contributed by atoms with Crippen LogP contribution in [0.1, 0.15) is 6.92 Å². The number of ether oxygens (including phenoxy) is 2. The van der Waals surface area contributed by atoms with Crippen molar-refractivity contribution in [3.8, 4) is 5.75 Å². The van der Waals surface area contributed by atoms with Crippen molar-refractivity contribution in [1.82, 2.24) is 0 Å². The SMILES string of the molecule is C[C@H](OC(=O)COc1cccc(Br)c1)C(N)=O. The molecule has 0 bridgehead atoms. The van der Waals surface area contributed by atoms with Crippen LogP contribution in [0.4, 0.5) is 0 Å². The number of amides is 1. The summed E-state index contributed by atoms with van der Waals surface area (Å²) >= 11 is 3.27. The van der Waals surface area contributed by atoms with Crippen molar-refractivity contribution in [2.24, 2.45) is 5.73 Å². The number of rotatable bonds is 5. The lowest BCUT2D eigenvalue weighted by Gasteiger charge is -2.10. The van der Waals surface area contributed by atoms with Gasteiger partial charge in [-0.2, -0.15) is 0 Å². The Kier molecular flexibility index (Phi) is 4.96. The van der Waals surface area contributed by atoms with Gasteiger partial charge in [0.05, 0.1) is 0 Å². The molecular weight excluding hydrogens is 290 g/mol. The van der Waals surface area contributed by atoms with E-state index in [0.717, 1.165) is 4.47 Å². The first-order chi connectivity index (χ1) is 7.99. The van der Waals surface area contributed by atoms with Crippen LogP contribution in [0.15, 0.2) is 28.7 Å².